The van der Waals surface area contributed by atoms with Gasteiger partial charge in [0.2, 0.25) is 0 Å². The maximum atomic E-state index is 2.32. The third-order valence-electron chi connectivity index (χ3n) is 4.10. The molecule has 0 bridgehead atoms. The van der Waals surface area contributed by atoms with Gasteiger partial charge in [-0.25, -0.2) is 0 Å². The molecule has 1 aliphatic rings. The SMILES string of the molecule is c1ccc2c(PCC3CCCCC3)cccc2c1. The van der Waals surface area contributed by atoms with Crippen LogP contribution in [0, 0.1) is 5.92 Å². The summed E-state index contributed by atoms with van der Waals surface area (Å²) in [6.07, 6.45) is 8.74. The third-order valence-corrected chi connectivity index (χ3v) is 5.69. The molecule has 0 saturated heterocycles. The van der Waals surface area contributed by atoms with Gasteiger partial charge in [0.1, 0.15) is 0 Å². The molecule has 0 radical (unpaired) electrons. The average molecular weight is 256 g/mol. The predicted octanol–water partition coefficient (Wildman–Crippen LogP) is 4.72. The van der Waals surface area contributed by atoms with E-state index in [0.29, 0.717) is 0 Å². The van der Waals surface area contributed by atoms with Gasteiger partial charge in [-0.05, 0) is 28.2 Å². The largest absolute Gasteiger partial charge is 0.0894 e. The summed E-state index contributed by atoms with van der Waals surface area (Å²) in [5.41, 5.74) is 0. The molecule has 0 spiro atoms. The summed E-state index contributed by atoms with van der Waals surface area (Å²) in [6.45, 7) is 0. The van der Waals surface area contributed by atoms with Crippen LogP contribution in [0.5, 0.6) is 0 Å². The van der Waals surface area contributed by atoms with E-state index in [1.807, 2.05) is 0 Å². The lowest BCUT2D eigenvalue weighted by Crippen LogP contribution is -2.10. The number of benzene rings is 2. The lowest BCUT2D eigenvalue weighted by Gasteiger charge is -2.21. The van der Waals surface area contributed by atoms with Gasteiger partial charge in [-0.15, -0.1) is 0 Å². The van der Waals surface area contributed by atoms with Crippen molar-refractivity contribution in [3.63, 3.8) is 0 Å². The molecule has 2 aromatic carbocycles. The smallest absolute Gasteiger partial charge is 0.0110 e. The van der Waals surface area contributed by atoms with Crippen LogP contribution in [0.2, 0.25) is 0 Å². The first-order valence-electron chi connectivity index (χ1n) is 7.15. The van der Waals surface area contributed by atoms with Gasteiger partial charge >= 0.3 is 0 Å². The minimum Gasteiger partial charge on any atom is -0.0894 e. The highest BCUT2D eigenvalue weighted by molar-refractivity contribution is 7.47. The van der Waals surface area contributed by atoms with Crippen LogP contribution in [-0.4, -0.2) is 6.16 Å². The zero-order valence-electron chi connectivity index (χ0n) is 10.9. The molecule has 1 atom stereocenters. The van der Waals surface area contributed by atoms with Crippen LogP contribution < -0.4 is 5.30 Å². The summed E-state index contributed by atoms with van der Waals surface area (Å²) in [6, 6.07) is 15.6. The minimum atomic E-state index is 0.989. The molecule has 1 unspecified atom stereocenters. The molecule has 1 heteroatoms. The fourth-order valence-electron chi connectivity index (χ4n) is 3.03. The maximum Gasteiger partial charge on any atom is -0.0110 e. The Morgan fingerprint density at radius 2 is 1.67 bits per heavy atom. The van der Waals surface area contributed by atoms with Crippen LogP contribution in [0.15, 0.2) is 42.5 Å². The van der Waals surface area contributed by atoms with Crippen molar-refractivity contribution in [1.29, 1.82) is 0 Å². The molecule has 0 amide bonds. The van der Waals surface area contributed by atoms with Gasteiger partial charge in [-0.1, -0.05) is 83.1 Å². The average Bonchev–Trinajstić information content (AvgIpc) is 2.46. The van der Waals surface area contributed by atoms with Gasteiger partial charge in [0.05, 0.1) is 0 Å². The van der Waals surface area contributed by atoms with Crippen molar-refractivity contribution >= 4 is 24.7 Å². The van der Waals surface area contributed by atoms with Gasteiger partial charge < -0.3 is 0 Å². The van der Waals surface area contributed by atoms with Crippen molar-refractivity contribution in [3.8, 4) is 0 Å². The molecule has 94 valence electrons. The molecule has 1 aliphatic carbocycles. The summed E-state index contributed by atoms with van der Waals surface area (Å²) in [4.78, 5) is 0. The number of hydrogen-bond acceptors (Lipinski definition) is 0. The fourth-order valence-corrected chi connectivity index (χ4v) is 4.57. The Labute approximate surface area is 112 Å². The number of rotatable bonds is 3. The van der Waals surface area contributed by atoms with Gasteiger partial charge in [0.25, 0.3) is 0 Å². The molecule has 2 aromatic rings. The Morgan fingerprint density at radius 3 is 2.56 bits per heavy atom. The molecule has 1 saturated carbocycles. The van der Waals surface area contributed by atoms with E-state index in [9.17, 15) is 0 Å². The van der Waals surface area contributed by atoms with E-state index in [2.05, 4.69) is 42.5 Å². The summed E-state index contributed by atoms with van der Waals surface area (Å²) in [5.74, 6) is 0.996. The van der Waals surface area contributed by atoms with Crippen molar-refractivity contribution in [2.45, 2.75) is 32.1 Å². The Balaban J connectivity index is 1.74. The maximum absolute atomic E-state index is 2.32. The Kier molecular flexibility index (Phi) is 3.96. The molecule has 0 N–H and O–H groups in total. The van der Waals surface area contributed by atoms with E-state index in [1.165, 1.54) is 49.0 Å². The van der Waals surface area contributed by atoms with E-state index in [-0.39, 0.29) is 0 Å². The number of fused-ring (bicyclic) bond motifs is 1. The molecule has 0 heterocycles. The lowest BCUT2D eigenvalue weighted by molar-refractivity contribution is 0.390. The van der Waals surface area contributed by atoms with E-state index < -0.39 is 0 Å². The predicted molar refractivity (Wildman–Crippen MR) is 83.3 cm³/mol. The molecule has 1 fully saturated rings. The summed E-state index contributed by atoms with van der Waals surface area (Å²) < 4.78 is 0. The van der Waals surface area contributed by atoms with Crippen LogP contribution in [0.3, 0.4) is 0 Å². The van der Waals surface area contributed by atoms with E-state index >= 15 is 0 Å². The van der Waals surface area contributed by atoms with Gasteiger partial charge in [-0.3, -0.25) is 0 Å². The highest BCUT2D eigenvalue weighted by atomic mass is 31.1. The Hall–Kier alpha value is -0.870. The molecule has 0 nitrogen and oxygen atoms in total. The summed E-state index contributed by atoms with van der Waals surface area (Å²) >= 11 is 0. The fraction of sp³-hybridized carbons (Fsp3) is 0.412. The first kappa shape index (κ1) is 12.2. The lowest BCUT2D eigenvalue weighted by atomic mass is 9.91. The summed E-state index contributed by atoms with van der Waals surface area (Å²) in [5, 5.41) is 4.43. The topological polar surface area (TPSA) is 0 Å². The standard InChI is InChI=1S/C17H21P/c1-2-7-14(8-3-1)13-18-17-12-6-10-15-9-4-5-11-16(15)17/h4-6,9-12,14,18H,1-3,7-8,13H2. The van der Waals surface area contributed by atoms with Gasteiger partial charge in [0, 0.05) is 0 Å². The van der Waals surface area contributed by atoms with E-state index in [0.717, 1.165) is 14.5 Å². The van der Waals surface area contributed by atoms with Crippen molar-refractivity contribution in [1.82, 2.24) is 0 Å². The van der Waals surface area contributed by atoms with Crippen LogP contribution >= 0.6 is 8.58 Å². The first-order chi connectivity index (χ1) is 8.93. The monoisotopic (exact) mass is 256 g/mol. The molecule has 18 heavy (non-hydrogen) atoms. The van der Waals surface area contributed by atoms with Crippen LogP contribution in [0.25, 0.3) is 10.8 Å². The van der Waals surface area contributed by atoms with Crippen molar-refractivity contribution < 1.29 is 0 Å². The highest BCUT2D eigenvalue weighted by Crippen LogP contribution is 2.30. The second-order valence-corrected chi connectivity index (χ2v) is 6.71. The molecular formula is C17H21P. The first-order valence-corrected chi connectivity index (χ1v) is 8.36. The molecule has 0 aliphatic heterocycles. The second-order valence-electron chi connectivity index (χ2n) is 5.41. The minimum absolute atomic E-state index is 0.989. The van der Waals surface area contributed by atoms with E-state index in [1.54, 1.807) is 5.30 Å². The van der Waals surface area contributed by atoms with Crippen molar-refractivity contribution in [2.75, 3.05) is 6.16 Å². The molecule has 3 rings (SSSR count). The quantitative estimate of drug-likeness (QED) is 0.697. The zero-order chi connectivity index (χ0) is 12.2. The van der Waals surface area contributed by atoms with Crippen LogP contribution in [0.1, 0.15) is 32.1 Å². The second kappa shape index (κ2) is 5.85. The van der Waals surface area contributed by atoms with Crippen LogP contribution in [-0.2, 0) is 0 Å². The van der Waals surface area contributed by atoms with Crippen LogP contribution in [0.4, 0.5) is 0 Å². The van der Waals surface area contributed by atoms with Gasteiger partial charge in [-0.2, -0.15) is 0 Å². The zero-order valence-corrected chi connectivity index (χ0v) is 11.9. The Morgan fingerprint density at radius 1 is 0.889 bits per heavy atom. The van der Waals surface area contributed by atoms with Crippen molar-refractivity contribution in [3.05, 3.63) is 42.5 Å². The molecule has 0 aromatic heterocycles. The highest BCUT2D eigenvalue weighted by Gasteiger charge is 2.13. The van der Waals surface area contributed by atoms with Gasteiger partial charge in [0.15, 0.2) is 0 Å². The normalized spacial score (nSPS) is 17.8. The molecular weight excluding hydrogens is 235 g/mol. The van der Waals surface area contributed by atoms with Crippen molar-refractivity contribution in [2.24, 2.45) is 5.92 Å². The Bertz CT molecular complexity index is 507. The van der Waals surface area contributed by atoms with E-state index in [4.69, 9.17) is 0 Å². The number of hydrogen-bond donors (Lipinski definition) is 0. The summed E-state index contributed by atoms with van der Waals surface area (Å²) in [7, 11) is 0.989. The third kappa shape index (κ3) is 2.75.